The highest BCUT2D eigenvalue weighted by atomic mass is 16.2. The van der Waals surface area contributed by atoms with Crippen LogP contribution in [0.15, 0.2) is 73.1 Å². The lowest BCUT2D eigenvalue weighted by Crippen LogP contribution is -2.45. The van der Waals surface area contributed by atoms with Gasteiger partial charge in [0.25, 0.3) is 0 Å². The van der Waals surface area contributed by atoms with Crippen molar-refractivity contribution < 1.29 is 4.79 Å². The monoisotopic (exact) mass is 598 g/mol. The fourth-order valence-electron chi connectivity index (χ4n) is 5.51. The molecule has 0 heterocycles. The van der Waals surface area contributed by atoms with E-state index in [1.807, 2.05) is 20.0 Å². The zero-order valence-corrected chi connectivity index (χ0v) is 27.7. The maximum atomic E-state index is 13.0. The lowest BCUT2D eigenvalue weighted by Gasteiger charge is -2.33. The molecule has 0 aliphatic carbocycles. The molecule has 5 N–H and O–H groups in total. The molecular weight excluding hydrogens is 544 g/mol. The van der Waals surface area contributed by atoms with Crippen molar-refractivity contribution in [2.75, 3.05) is 33.7 Å². The molecule has 2 aromatic carbocycles. The summed E-state index contributed by atoms with van der Waals surface area (Å²) in [4.78, 5) is 15.3. The average Bonchev–Trinajstić information content (AvgIpc) is 3.02. The first-order valence-corrected chi connectivity index (χ1v) is 15.9. The van der Waals surface area contributed by atoms with E-state index in [0.29, 0.717) is 19.4 Å². The molecule has 0 saturated heterocycles. The van der Waals surface area contributed by atoms with E-state index in [0.717, 1.165) is 61.2 Å². The Labute approximate surface area is 266 Å². The van der Waals surface area contributed by atoms with E-state index in [2.05, 4.69) is 97.9 Å². The van der Waals surface area contributed by atoms with Gasteiger partial charge in [0.05, 0.1) is 12.1 Å². The van der Waals surface area contributed by atoms with E-state index < -0.39 is 6.04 Å². The molecule has 7 nitrogen and oxygen atoms in total. The molecule has 0 radical (unpaired) electrons. The lowest BCUT2D eigenvalue weighted by molar-refractivity contribution is -0.122. The molecule has 238 valence electrons. The van der Waals surface area contributed by atoms with Crippen molar-refractivity contribution in [2.45, 2.75) is 77.8 Å². The summed E-state index contributed by atoms with van der Waals surface area (Å²) in [6.07, 6.45) is 5.72. The molecule has 0 aliphatic heterocycles. The third-order valence-corrected chi connectivity index (χ3v) is 8.10. The van der Waals surface area contributed by atoms with E-state index in [-0.39, 0.29) is 18.5 Å². The summed E-state index contributed by atoms with van der Waals surface area (Å²) in [5, 5.41) is 18.3. The highest BCUT2D eigenvalue weighted by Gasteiger charge is 2.23. The van der Waals surface area contributed by atoms with Crippen LogP contribution in [-0.2, 0) is 24.1 Å². The molecule has 2 rings (SSSR count). The molecule has 0 spiro atoms. The predicted molar refractivity (Wildman–Crippen MR) is 185 cm³/mol. The first-order chi connectivity index (χ1) is 21.1. The molecule has 7 heteroatoms. The van der Waals surface area contributed by atoms with Crippen LogP contribution in [0.3, 0.4) is 0 Å². The summed E-state index contributed by atoms with van der Waals surface area (Å²) in [7, 11) is 4.07. The van der Waals surface area contributed by atoms with E-state index in [9.17, 15) is 4.79 Å². The quantitative estimate of drug-likeness (QED) is 0.0855. The van der Waals surface area contributed by atoms with E-state index in [1.165, 1.54) is 27.8 Å². The van der Waals surface area contributed by atoms with Crippen molar-refractivity contribution in [3.8, 4) is 17.2 Å². The number of hydrogen-bond donors (Lipinski definition) is 4. The van der Waals surface area contributed by atoms with Crippen LogP contribution in [0.25, 0.3) is 11.1 Å². The summed E-state index contributed by atoms with van der Waals surface area (Å²) in [6.45, 7) is 20.4. The Morgan fingerprint density at radius 2 is 1.68 bits per heavy atom. The molecule has 0 bridgehead atoms. The van der Waals surface area contributed by atoms with Gasteiger partial charge in [-0.1, -0.05) is 69.5 Å². The molecule has 44 heavy (non-hydrogen) atoms. The number of nitrogens with two attached hydrogens (primary N) is 1. The van der Waals surface area contributed by atoms with E-state index in [1.54, 1.807) is 0 Å². The number of allylic oxidation sites excluding steroid dienone is 2. The van der Waals surface area contributed by atoms with Crippen LogP contribution in [0.2, 0.25) is 0 Å². The highest BCUT2D eigenvalue weighted by Crippen LogP contribution is 2.36. The Hall–Kier alpha value is -3.86. The predicted octanol–water partition coefficient (Wildman–Crippen LogP) is 5.93. The van der Waals surface area contributed by atoms with E-state index >= 15 is 0 Å². The Balaban J connectivity index is 2.73. The topological polar surface area (TPSA) is 106 Å². The number of rotatable bonds is 20. The maximum absolute atomic E-state index is 13.0. The molecule has 2 unspecified atom stereocenters. The fraction of sp³-hybridized carbons (Fsp3) is 0.459. The average molecular weight is 599 g/mol. The number of carbonyl (C=O) groups is 1. The summed E-state index contributed by atoms with van der Waals surface area (Å²) < 4.78 is 0. The minimum Gasteiger partial charge on any atom is -0.377 e. The largest absolute Gasteiger partial charge is 0.377 e. The van der Waals surface area contributed by atoms with Crippen molar-refractivity contribution >= 4 is 5.91 Å². The normalized spacial score (nSPS) is 12.1. The van der Waals surface area contributed by atoms with Gasteiger partial charge in [0.2, 0.25) is 5.91 Å². The van der Waals surface area contributed by atoms with Crippen LogP contribution in [-0.4, -0.2) is 50.6 Å². The fourth-order valence-corrected chi connectivity index (χ4v) is 5.51. The number of hydrogen-bond acceptors (Lipinski definition) is 6. The lowest BCUT2D eigenvalue weighted by atomic mass is 9.86. The van der Waals surface area contributed by atoms with Crippen molar-refractivity contribution in [1.29, 1.82) is 5.26 Å². The van der Waals surface area contributed by atoms with Crippen LogP contribution in [0.5, 0.6) is 0 Å². The zero-order valence-electron chi connectivity index (χ0n) is 27.7. The third-order valence-electron chi connectivity index (χ3n) is 8.10. The number of nitriles is 1. The van der Waals surface area contributed by atoms with Gasteiger partial charge in [0.15, 0.2) is 0 Å². The maximum Gasteiger partial charge on any atom is 0.243 e. The number of carbonyl (C=O) groups excluding carboxylic acids is 1. The summed E-state index contributed by atoms with van der Waals surface area (Å²) in [5.41, 5.74) is 16.0. The number of amides is 1. The van der Waals surface area contributed by atoms with Gasteiger partial charge in [-0.15, -0.1) is 0 Å². The van der Waals surface area contributed by atoms with Gasteiger partial charge >= 0.3 is 0 Å². The van der Waals surface area contributed by atoms with Gasteiger partial charge in [0, 0.05) is 24.9 Å². The van der Waals surface area contributed by atoms with Crippen LogP contribution < -0.4 is 21.7 Å². The second-order valence-electron chi connectivity index (χ2n) is 11.5. The van der Waals surface area contributed by atoms with Crippen LogP contribution >= 0.6 is 0 Å². The smallest absolute Gasteiger partial charge is 0.243 e. The summed E-state index contributed by atoms with van der Waals surface area (Å²) >= 11 is 0. The van der Waals surface area contributed by atoms with Crippen molar-refractivity contribution in [3.63, 3.8) is 0 Å². The van der Waals surface area contributed by atoms with E-state index in [4.69, 9.17) is 11.0 Å². The van der Waals surface area contributed by atoms with Crippen molar-refractivity contribution in [1.82, 2.24) is 20.9 Å². The van der Waals surface area contributed by atoms with Gasteiger partial charge in [-0.25, -0.2) is 0 Å². The van der Waals surface area contributed by atoms with Crippen LogP contribution in [0.1, 0.15) is 74.8 Å². The SMILES string of the molecule is C=C(CC)NC(Cc1ccc(CCCNC)c(-c2cc(C(C(=C)C)N(C)C(=C)CC)ccc2CCCN)c1)C(=O)NCC#N. The number of nitrogens with zero attached hydrogens (tertiary/aromatic N) is 2. The zero-order chi connectivity index (χ0) is 32.6. The molecule has 0 aromatic heterocycles. The van der Waals surface area contributed by atoms with Gasteiger partial charge in [-0.2, -0.15) is 5.26 Å². The van der Waals surface area contributed by atoms with Gasteiger partial charge in [0.1, 0.15) is 12.6 Å². The number of nitrogens with one attached hydrogen (secondary N) is 3. The summed E-state index contributed by atoms with van der Waals surface area (Å²) in [5.74, 6) is -0.213. The Bertz CT molecular complexity index is 1320. The molecule has 0 aliphatic rings. The van der Waals surface area contributed by atoms with Gasteiger partial charge < -0.3 is 26.6 Å². The Morgan fingerprint density at radius 1 is 1.02 bits per heavy atom. The molecule has 2 aromatic rings. The molecule has 0 saturated carbocycles. The highest BCUT2D eigenvalue weighted by molar-refractivity contribution is 5.82. The minimum absolute atomic E-state index is 0.00171. The summed E-state index contributed by atoms with van der Waals surface area (Å²) in [6, 6.07) is 14.8. The number of aryl methyl sites for hydroxylation is 2. The van der Waals surface area contributed by atoms with Crippen LogP contribution in [0.4, 0.5) is 0 Å². The van der Waals surface area contributed by atoms with Crippen molar-refractivity contribution in [3.05, 3.63) is 95.4 Å². The Morgan fingerprint density at radius 3 is 2.27 bits per heavy atom. The minimum atomic E-state index is -0.539. The van der Waals surface area contributed by atoms with Gasteiger partial charge in [-0.3, -0.25) is 4.79 Å². The Kier molecular flexibility index (Phi) is 15.5. The molecule has 1 amide bonds. The van der Waals surface area contributed by atoms with Gasteiger partial charge in [-0.05, 0) is 105 Å². The number of likely N-dealkylation sites (N-methyl/N-ethyl adjacent to an activating group) is 1. The molecular formula is C37H54N6O. The standard InChI is InChI=1S/C37H54N6O/c1-9-27(5)42-35(37(44)41-22-20-39)24-29-15-16-31(14-12-21-40-7)33(23-29)34-25-32(18-17-30(34)13-11-19-38)36(26(3)4)43(8)28(6)10-2/h15-18,23,25,35-36,40,42H,3,5-6,9-14,19,21-22,24,38H2,1-2,4,7-8H3,(H,41,44). The molecule has 2 atom stereocenters. The first kappa shape index (κ1) is 36.3. The third kappa shape index (κ3) is 10.4. The first-order valence-electron chi connectivity index (χ1n) is 15.9. The number of benzene rings is 2. The molecule has 0 fully saturated rings. The van der Waals surface area contributed by atoms with Crippen LogP contribution in [0, 0.1) is 11.3 Å². The second-order valence-corrected chi connectivity index (χ2v) is 11.5. The second kappa shape index (κ2) is 18.7. The van der Waals surface area contributed by atoms with Crippen molar-refractivity contribution in [2.24, 2.45) is 5.73 Å².